The molecule has 2 heterocycles. The van der Waals surface area contributed by atoms with E-state index < -0.39 is 18.0 Å². The molecule has 0 aromatic heterocycles. The van der Waals surface area contributed by atoms with E-state index in [0.717, 1.165) is 23.7 Å². The van der Waals surface area contributed by atoms with Crippen molar-refractivity contribution in [1.29, 1.82) is 0 Å². The van der Waals surface area contributed by atoms with Gasteiger partial charge in [-0.3, -0.25) is 4.79 Å². The van der Waals surface area contributed by atoms with E-state index in [1.807, 2.05) is 18.2 Å². The SMILES string of the molecule is C[C@@H](O)[C@H]1C(=O)N2C(C(=O)O)=C(SCCNCc3ccccc3)C[C@H]12. The van der Waals surface area contributed by atoms with E-state index in [2.05, 4.69) is 17.4 Å². The second-order valence-corrected chi connectivity index (χ2v) is 7.52. The first kappa shape index (κ1) is 18.0. The van der Waals surface area contributed by atoms with Gasteiger partial charge < -0.3 is 20.4 Å². The van der Waals surface area contributed by atoms with Gasteiger partial charge >= 0.3 is 5.97 Å². The number of fused-ring (bicyclic) bond motifs is 1. The molecule has 1 aromatic carbocycles. The Kier molecular flexibility index (Phi) is 5.46. The van der Waals surface area contributed by atoms with Crippen molar-refractivity contribution < 1.29 is 19.8 Å². The third kappa shape index (κ3) is 3.58. The van der Waals surface area contributed by atoms with Crippen LogP contribution in [0.4, 0.5) is 0 Å². The lowest BCUT2D eigenvalue weighted by Crippen LogP contribution is -2.61. The summed E-state index contributed by atoms with van der Waals surface area (Å²) in [6.45, 7) is 3.09. The molecular weight excluding hydrogens is 340 g/mol. The molecule has 134 valence electrons. The number of rotatable bonds is 8. The maximum absolute atomic E-state index is 12.1. The highest BCUT2D eigenvalue weighted by Crippen LogP contribution is 2.46. The minimum Gasteiger partial charge on any atom is -0.477 e. The number of aliphatic carboxylic acids is 1. The van der Waals surface area contributed by atoms with Crippen LogP contribution in [0.3, 0.4) is 0 Å². The highest BCUT2D eigenvalue weighted by molar-refractivity contribution is 8.03. The van der Waals surface area contributed by atoms with Crippen LogP contribution in [-0.4, -0.2) is 51.4 Å². The number of aliphatic hydroxyl groups is 1. The number of carboxylic acid groups (broad SMARTS) is 1. The van der Waals surface area contributed by atoms with Gasteiger partial charge in [-0.2, -0.15) is 0 Å². The van der Waals surface area contributed by atoms with Gasteiger partial charge in [-0.25, -0.2) is 4.79 Å². The van der Waals surface area contributed by atoms with Crippen molar-refractivity contribution in [3.63, 3.8) is 0 Å². The molecule has 3 N–H and O–H groups in total. The van der Waals surface area contributed by atoms with Gasteiger partial charge in [-0.15, -0.1) is 11.8 Å². The lowest BCUT2D eigenvalue weighted by atomic mass is 9.83. The monoisotopic (exact) mass is 362 g/mol. The summed E-state index contributed by atoms with van der Waals surface area (Å²) in [5, 5.41) is 22.5. The fraction of sp³-hybridized carbons (Fsp3) is 0.444. The Morgan fingerprint density at radius 3 is 2.76 bits per heavy atom. The molecule has 25 heavy (non-hydrogen) atoms. The van der Waals surface area contributed by atoms with Gasteiger partial charge in [0.2, 0.25) is 5.91 Å². The number of carbonyl (C=O) groups excluding carboxylic acids is 1. The third-order valence-corrected chi connectivity index (χ3v) is 5.73. The van der Waals surface area contributed by atoms with E-state index in [0.29, 0.717) is 6.42 Å². The van der Waals surface area contributed by atoms with E-state index >= 15 is 0 Å². The second kappa shape index (κ2) is 7.59. The molecule has 0 radical (unpaired) electrons. The lowest BCUT2D eigenvalue weighted by Gasteiger charge is -2.44. The number of hydrogen-bond donors (Lipinski definition) is 3. The Hall–Kier alpha value is -1.83. The van der Waals surface area contributed by atoms with Crippen LogP contribution in [0.15, 0.2) is 40.9 Å². The molecular formula is C18H22N2O4S. The average molecular weight is 362 g/mol. The summed E-state index contributed by atoms with van der Waals surface area (Å²) >= 11 is 1.48. The largest absolute Gasteiger partial charge is 0.477 e. The minimum absolute atomic E-state index is 0.0972. The Labute approximate surface area is 150 Å². The predicted molar refractivity (Wildman–Crippen MR) is 95.7 cm³/mol. The molecule has 1 saturated heterocycles. The number of carbonyl (C=O) groups is 2. The second-order valence-electron chi connectivity index (χ2n) is 6.33. The van der Waals surface area contributed by atoms with Crippen LogP contribution in [0.2, 0.25) is 0 Å². The first-order valence-electron chi connectivity index (χ1n) is 8.35. The van der Waals surface area contributed by atoms with E-state index in [4.69, 9.17) is 0 Å². The summed E-state index contributed by atoms with van der Waals surface area (Å²) in [5.41, 5.74) is 1.30. The molecule has 2 aliphatic rings. The van der Waals surface area contributed by atoms with E-state index in [-0.39, 0.29) is 17.6 Å². The van der Waals surface area contributed by atoms with Crippen LogP contribution in [0.25, 0.3) is 0 Å². The number of aliphatic hydroxyl groups excluding tert-OH is 1. The van der Waals surface area contributed by atoms with Crippen LogP contribution < -0.4 is 5.32 Å². The maximum atomic E-state index is 12.1. The minimum atomic E-state index is -1.07. The molecule has 3 atom stereocenters. The quantitative estimate of drug-likeness (QED) is 0.479. The third-order valence-electron chi connectivity index (χ3n) is 4.62. The van der Waals surface area contributed by atoms with Crippen molar-refractivity contribution in [1.82, 2.24) is 10.2 Å². The van der Waals surface area contributed by atoms with Gasteiger partial charge in [0, 0.05) is 30.2 Å². The normalized spacial score (nSPS) is 23.4. The van der Waals surface area contributed by atoms with Crippen molar-refractivity contribution in [2.45, 2.75) is 32.0 Å². The number of thioether (sulfide) groups is 1. The van der Waals surface area contributed by atoms with Gasteiger partial charge in [0.05, 0.1) is 18.1 Å². The van der Waals surface area contributed by atoms with Crippen molar-refractivity contribution in [2.24, 2.45) is 5.92 Å². The zero-order valence-corrected chi connectivity index (χ0v) is 14.8. The fourth-order valence-corrected chi connectivity index (χ4v) is 4.54. The van der Waals surface area contributed by atoms with Crippen LogP contribution in [0, 0.1) is 5.92 Å². The van der Waals surface area contributed by atoms with Crippen LogP contribution >= 0.6 is 11.8 Å². The predicted octanol–water partition coefficient (Wildman–Crippen LogP) is 1.42. The van der Waals surface area contributed by atoms with Gasteiger partial charge in [0.25, 0.3) is 0 Å². The standard InChI is InChI=1S/C18H22N2O4S/c1-11(21)15-13-9-14(16(18(23)24)20(13)17(15)22)25-8-7-19-10-12-5-3-2-4-6-12/h2-6,11,13,15,19,21H,7-10H2,1H3,(H,23,24)/t11-,13-,15-/m1/s1. The number of amides is 1. The highest BCUT2D eigenvalue weighted by atomic mass is 32.2. The van der Waals surface area contributed by atoms with E-state index in [1.54, 1.807) is 6.92 Å². The fourth-order valence-electron chi connectivity index (χ4n) is 3.43. The number of benzene rings is 1. The zero-order valence-electron chi connectivity index (χ0n) is 14.0. The Morgan fingerprint density at radius 1 is 1.40 bits per heavy atom. The summed E-state index contributed by atoms with van der Waals surface area (Å²) in [7, 11) is 0. The molecule has 1 aromatic rings. The molecule has 7 heteroatoms. The molecule has 0 bridgehead atoms. The van der Waals surface area contributed by atoms with Gasteiger partial charge in [-0.05, 0) is 12.5 Å². The number of hydrogen-bond acceptors (Lipinski definition) is 5. The molecule has 1 fully saturated rings. The van der Waals surface area contributed by atoms with Crippen LogP contribution in [-0.2, 0) is 16.1 Å². The topological polar surface area (TPSA) is 89.9 Å². The molecule has 0 aliphatic carbocycles. The Morgan fingerprint density at radius 2 is 2.12 bits per heavy atom. The van der Waals surface area contributed by atoms with Crippen molar-refractivity contribution >= 4 is 23.6 Å². The van der Waals surface area contributed by atoms with Crippen molar-refractivity contribution in [2.75, 3.05) is 12.3 Å². The van der Waals surface area contributed by atoms with Crippen molar-refractivity contribution in [3.8, 4) is 0 Å². The number of nitrogens with one attached hydrogen (secondary N) is 1. The molecule has 6 nitrogen and oxygen atoms in total. The number of β-lactam (4-membered cyclic amide) rings is 1. The molecule has 0 unspecified atom stereocenters. The molecule has 3 rings (SSSR count). The lowest BCUT2D eigenvalue weighted by molar-refractivity contribution is -0.161. The Balaban J connectivity index is 1.53. The highest BCUT2D eigenvalue weighted by Gasteiger charge is 2.56. The van der Waals surface area contributed by atoms with Gasteiger partial charge in [-0.1, -0.05) is 30.3 Å². The van der Waals surface area contributed by atoms with Gasteiger partial charge in [0.1, 0.15) is 5.70 Å². The molecule has 0 saturated carbocycles. The summed E-state index contributed by atoms with van der Waals surface area (Å²) in [6, 6.07) is 9.86. The summed E-state index contributed by atoms with van der Waals surface area (Å²) in [6.07, 6.45) is -0.229. The summed E-state index contributed by atoms with van der Waals surface area (Å²) < 4.78 is 0. The average Bonchev–Trinajstić information content (AvgIpc) is 2.89. The van der Waals surface area contributed by atoms with E-state index in [9.17, 15) is 19.8 Å². The van der Waals surface area contributed by atoms with Crippen LogP contribution in [0.5, 0.6) is 0 Å². The zero-order chi connectivity index (χ0) is 18.0. The summed E-state index contributed by atoms with van der Waals surface area (Å²) in [4.78, 5) is 25.8. The van der Waals surface area contributed by atoms with Crippen LogP contribution in [0.1, 0.15) is 18.9 Å². The number of nitrogens with zero attached hydrogens (tertiary/aromatic N) is 1. The smallest absolute Gasteiger partial charge is 0.353 e. The molecule has 1 amide bonds. The Bertz CT molecular complexity index is 690. The maximum Gasteiger partial charge on any atom is 0.353 e. The van der Waals surface area contributed by atoms with Gasteiger partial charge in [0.15, 0.2) is 0 Å². The summed E-state index contributed by atoms with van der Waals surface area (Å²) in [5.74, 6) is -1.11. The first-order chi connectivity index (χ1) is 12.0. The van der Waals surface area contributed by atoms with E-state index in [1.165, 1.54) is 22.2 Å². The van der Waals surface area contributed by atoms with Crippen molar-refractivity contribution in [3.05, 3.63) is 46.5 Å². The molecule has 0 spiro atoms. The molecule has 2 aliphatic heterocycles. The number of carboxylic acids is 1. The first-order valence-corrected chi connectivity index (χ1v) is 9.34.